The van der Waals surface area contributed by atoms with Crippen molar-refractivity contribution >= 4 is 21.6 Å². The third kappa shape index (κ3) is 3.80. The van der Waals surface area contributed by atoms with Crippen molar-refractivity contribution in [2.75, 3.05) is 45.7 Å². The van der Waals surface area contributed by atoms with Gasteiger partial charge in [-0.3, -0.25) is 4.79 Å². The van der Waals surface area contributed by atoms with E-state index in [1.807, 2.05) is 7.05 Å². The summed E-state index contributed by atoms with van der Waals surface area (Å²) in [4.78, 5) is 14.5. The predicted molar refractivity (Wildman–Crippen MR) is 95.2 cm³/mol. The number of amides is 1. The highest BCUT2D eigenvalue weighted by atomic mass is 32.2. The van der Waals surface area contributed by atoms with E-state index in [0.717, 1.165) is 19.3 Å². The molecule has 0 bridgehead atoms. The first-order chi connectivity index (χ1) is 11.9. The first-order valence-corrected chi connectivity index (χ1v) is 10.0. The number of likely N-dealkylation sites (N-methyl/N-ethyl adjacent to an activating group) is 1. The minimum atomic E-state index is -3.58. The zero-order valence-corrected chi connectivity index (χ0v) is 15.5. The molecule has 1 amide bonds. The summed E-state index contributed by atoms with van der Waals surface area (Å²) in [6, 6.07) is 4.63. The molecule has 1 aromatic rings. The quantitative estimate of drug-likeness (QED) is 0.850. The number of methoxy groups -OCH3 is 1. The molecule has 8 heteroatoms. The predicted octanol–water partition coefficient (Wildman–Crippen LogP) is 1.37. The Hall–Kier alpha value is -1.64. The third-order valence-electron chi connectivity index (χ3n) is 5.00. The van der Waals surface area contributed by atoms with Gasteiger partial charge >= 0.3 is 0 Å². The number of rotatable bonds is 5. The SMILES string of the molecule is COc1ccc(S(=O)(=O)N2CCN(C)CC2)cc1NC(=O)C1CCC1. The van der Waals surface area contributed by atoms with Gasteiger partial charge in [-0.05, 0) is 38.1 Å². The van der Waals surface area contributed by atoms with E-state index in [1.165, 1.54) is 23.5 Å². The number of nitrogens with one attached hydrogen (secondary N) is 1. The molecule has 3 rings (SSSR count). The zero-order chi connectivity index (χ0) is 18.0. The van der Waals surface area contributed by atoms with Gasteiger partial charge in [0, 0.05) is 32.1 Å². The second-order valence-electron chi connectivity index (χ2n) is 6.69. The van der Waals surface area contributed by atoms with Gasteiger partial charge in [0.15, 0.2) is 0 Å². The second-order valence-corrected chi connectivity index (χ2v) is 8.62. The van der Waals surface area contributed by atoms with Gasteiger partial charge in [0.25, 0.3) is 0 Å². The van der Waals surface area contributed by atoms with Gasteiger partial charge < -0.3 is 15.0 Å². The molecule has 1 saturated heterocycles. The fourth-order valence-corrected chi connectivity index (χ4v) is 4.48. The van der Waals surface area contributed by atoms with Crippen molar-refractivity contribution in [3.63, 3.8) is 0 Å². The number of benzene rings is 1. The highest BCUT2D eigenvalue weighted by Crippen LogP contribution is 2.32. The van der Waals surface area contributed by atoms with Gasteiger partial charge in [0.2, 0.25) is 15.9 Å². The van der Waals surface area contributed by atoms with E-state index in [1.54, 1.807) is 6.07 Å². The maximum Gasteiger partial charge on any atom is 0.243 e. The molecule has 2 fully saturated rings. The number of hydrogen-bond donors (Lipinski definition) is 1. The summed E-state index contributed by atoms with van der Waals surface area (Å²) in [6.07, 6.45) is 2.83. The second kappa shape index (κ2) is 7.31. The van der Waals surface area contributed by atoms with Crippen LogP contribution in [0.1, 0.15) is 19.3 Å². The molecule has 0 spiro atoms. The molecular weight excluding hydrogens is 342 g/mol. The topological polar surface area (TPSA) is 79.0 Å². The highest BCUT2D eigenvalue weighted by Gasteiger charge is 2.29. The van der Waals surface area contributed by atoms with Crippen LogP contribution in [-0.2, 0) is 14.8 Å². The average Bonchev–Trinajstić information content (AvgIpc) is 2.53. The molecule has 1 saturated carbocycles. The monoisotopic (exact) mass is 367 g/mol. The van der Waals surface area contributed by atoms with Gasteiger partial charge in [-0.1, -0.05) is 6.42 Å². The third-order valence-corrected chi connectivity index (χ3v) is 6.90. The van der Waals surface area contributed by atoms with Gasteiger partial charge in [0.05, 0.1) is 17.7 Å². The van der Waals surface area contributed by atoms with Crippen molar-refractivity contribution in [1.82, 2.24) is 9.21 Å². The summed E-state index contributed by atoms with van der Waals surface area (Å²) in [6.45, 7) is 2.35. The molecule has 0 atom stereocenters. The first-order valence-electron chi connectivity index (χ1n) is 8.59. The normalized spacial score (nSPS) is 20.1. The van der Waals surface area contributed by atoms with E-state index in [0.29, 0.717) is 37.6 Å². The van der Waals surface area contributed by atoms with Crippen LogP contribution in [-0.4, -0.2) is 63.9 Å². The molecule has 1 heterocycles. The Bertz CT molecular complexity index is 738. The summed E-state index contributed by atoms with van der Waals surface area (Å²) in [5.74, 6) is 0.409. The summed E-state index contributed by atoms with van der Waals surface area (Å²) >= 11 is 0. The summed E-state index contributed by atoms with van der Waals surface area (Å²) < 4.78 is 32.5. The van der Waals surface area contributed by atoms with E-state index >= 15 is 0 Å². The molecule has 138 valence electrons. The Morgan fingerprint density at radius 1 is 1.20 bits per heavy atom. The Morgan fingerprint density at radius 2 is 1.88 bits per heavy atom. The lowest BCUT2D eigenvalue weighted by Gasteiger charge is -2.31. The van der Waals surface area contributed by atoms with Crippen LogP contribution in [0, 0.1) is 5.92 Å². The Morgan fingerprint density at radius 3 is 2.44 bits per heavy atom. The number of carbonyl (C=O) groups is 1. The van der Waals surface area contributed by atoms with Crippen molar-refractivity contribution in [3.8, 4) is 5.75 Å². The standard InChI is InChI=1S/C17H25N3O4S/c1-19-8-10-20(11-9-19)25(22,23)14-6-7-16(24-2)15(12-14)18-17(21)13-4-3-5-13/h6-7,12-13H,3-5,8-11H2,1-2H3,(H,18,21). The van der Waals surface area contributed by atoms with Crippen LogP contribution >= 0.6 is 0 Å². The Balaban J connectivity index is 1.83. The molecule has 25 heavy (non-hydrogen) atoms. The minimum Gasteiger partial charge on any atom is -0.495 e. The van der Waals surface area contributed by atoms with Gasteiger partial charge in [-0.15, -0.1) is 0 Å². The number of hydrogen-bond acceptors (Lipinski definition) is 5. The van der Waals surface area contributed by atoms with Crippen LogP contribution in [0.4, 0.5) is 5.69 Å². The lowest BCUT2D eigenvalue weighted by molar-refractivity contribution is -0.122. The van der Waals surface area contributed by atoms with Crippen molar-refractivity contribution in [3.05, 3.63) is 18.2 Å². The van der Waals surface area contributed by atoms with Gasteiger partial charge in [-0.2, -0.15) is 4.31 Å². The van der Waals surface area contributed by atoms with Crippen molar-refractivity contribution in [2.24, 2.45) is 5.92 Å². The lowest BCUT2D eigenvalue weighted by Crippen LogP contribution is -2.47. The number of ether oxygens (including phenoxy) is 1. The van der Waals surface area contributed by atoms with E-state index in [9.17, 15) is 13.2 Å². The first kappa shape index (κ1) is 18.2. The number of piperazine rings is 1. The van der Waals surface area contributed by atoms with Crippen LogP contribution in [0.15, 0.2) is 23.1 Å². The van der Waals surface area contributed by atoms with Crippen LogP contribution < -0.4 is 10.1 Å². The fourth-order valence-electron chi connectivity index (χ4n) is 3.03. The molecule has 0 aromatic heterocycles. The average molecular weight is 367 g/mol. The zero-order valence-electron chi connectivity index (χ0n) is 14.7. The van der Waals surface area contributed by atoms with E-state index in [-0.39, 0.29) is 16.7 Å². The number of nitrogens with zero attached hydrogens (tertiary/aromatic N) is 2. The van der Waals surface area contributed by atoms with Crippen molar-refractivity contribution in [1.29, 1.82) is 0 Å². The smallest absolute Gasteiger partial charge is 0.243 e. The number of carbonyl (C=O) groups excluding carboxylic acids is 1. The maximum absolute atomic E-state index is 12.9. The molecule has 1 N–H and O–H groups in total. The lowest BCUT2D eigenvalue weighted by atomic mass is 9.85. The summed E-state index contributed by atoms with van der Waals surface area (Å²) in [7, 11) is -0.100. The Kier molecular flexibility index (Phi) is 5.31. The number of sulfonamides is 1. The van der Waals surface area contributed by atoms with Crippen LogP contribution in [0.5, 0.6) is 5.75 Å². The van der Waals surface area contributed by atoms with Crippen LogP contribution in [0.3, 0.4) is 0 Å². The molecule has 0 unspecified atom stereocenters. The molecule has 7 nitrogen and oxygen atoms in total. The number of anilines is 1. The molecule has 1 aromatic carbocycles. The van der Waals surface area contributed by atoms with E-state index in [4.69, 9.17) is 4.74 Å². The summed E-state index contributed by atoms with van der Waals surface area (Å²) in [5.41, 5.74) is 0.412. The molecule has 2 aliphatic rings. The molecular formula is C17H25N3O4S. The maximum atomic E-state index is 12.9. The highest BCUT2D eigenvalue weighted by molar-refractivity contribution is 7.89. The van der Waals surface area contributed by atoms with Crippen molar-refractivity contribution < 1.29 is 17.9 Å². The molecule has 1 aliphatic carbocycles. The Labute approximate surface area is 149 Å². The minimum absolute atomic E-state index is 0.0163. The largest absolute Gasteiger partial charge is 0.495 e. The fraction of sp³-hybridized carbons (Fsp3) is 0.588. The van der Waals surface area contributed by atoms with Gasteiger partial charge in [0.1, 0.15) is 5.75 Å². The van der Waals surface area contributed by atoms with Gasteiger partial charge in [-0.25, -0.2) is 8.42 Å². The van der Waals surface area contributed by atoms with E-state index < -0.39 is 10.0 Å². The summed E-state index contributed by atoms with van der Waals surface area (Å²) in [5, 5.41) is 2.83. The van der Waals surface area contributed by atoms with Crippen LogP contribution in [0.2, 0.25) is 0 Å². The van der Waals surface area contributed by atoms with Crippen LogP contribution in [0.25, 0.3) is 0 Å². The van der Waals surface area contributed by atoms with Crippen molar-refractivity contribution in [2.45, 2.75) is 24.2 Å². The molecule has 1 aliphatic heterocycles. The van der Waals surface area contributed by atoms with E-state index in [2.05, 4.69) is 10.2 Å². The molecule has 0 radical (unpaired) electrons.